The summed E-state index contributed by atoms with van der Waals surface area (Å²) in [6.07, 6.45) is -0.0584. The second kappa shape index (κ2) is 5.96. The Morgan fingerprint density at radius 2 is 2.27 bits per heavy atom. The largest absolute Gasteiger partial charge is 0.487 e. The van der Waals surface area contributed by atoms with Crippen LogP contribution in [0.25, 0.3) is 0 Å². The molecule has 2 heterocycles. The van der Waals surface area contributed by atoms with Crippen molar-refractivity contribution in [2.45, 2.75) is 20.0 Å². The van der Waals surface area contributed by atoms with Gasteiger partial charge < -0.3 is 19.9 Å². The van der Waals surface area contributed by atoms with E-state index in [1.807, 2.05) is 32.0 Å². The van der Waals surface area contributed by atoms with Gasteiger partial charge in [-0.3, -0.25) is 9.59 Å². The van der Waals surface area contributed by atoms with Crippen LogP contribution >= 0.6 is 0 Å². The Morgan fingerprint density at radius 3 is 3.05 bits per heavy atom. The Balaban J connectivity index is 1.79. The number of hydrogen-bond acceptors (Lipinski definition) is 4. The van der Waals surface area contributed by atoms with Gasteiger partial charge in [-0.15, -0.1) is 0 Å². The predicted octanol–water partition coefficient (Wildman–Crippen LogP) is 0.541. The van der Waals surface area contributed by atoms with Crippen LogP contribution in [0, 0.1) is 6.92 Å². The molecule has 3 rings (SSSR count). The smallest absolute Gasteiger partial charge is 0.246 e. The highest BCUT2D eigenvalue weighted by Gasteiger charge is 2.30. The van der Waals surface area contributed by atoms with Gasteiger partial charge in [-0.05, 0) is 31.5 Å². The number of fused-ring (bicyclic) bond motifs is 1. The van der Waals surface area contributed by atoms with E-state index in [2.05, 4.69) is 5.32 Å². The van der Waals surface area contributed by atoms with Crippen LogP contribution in [-0.2, 0) is 9.59 Å². The highest BCUT2D eigenvalue weighted by atomic mass is 16.5. The minimum absolute atomic E-state index is 0.0231. The maximum absolute atomic E-state index is 12.7. The van der Waals surface area contributed by atoms with Gasteiger partial charge in [0, 0.05) is 13.1 Å². The van der Waals surface area contributed by atoms with E-state index in [4.69, 9.17) is 4.74 Å². The average Bonchev–Trinajstić information content (AvgIpc) is 2.48. The minimum Gasteiger partial charge on any atom is -0.487 e. The number of amides is 2. The number of carbonyl (C=O) groups is 2. The molecule has 6 nitrogen and oxygen atoms in total. The fourth-order valence-corrected chi connectivity index (χ4v) is 2.85. The first-order chi connectivity index (χ1) is 10.5. The number of rotatable bonds is 2. The second-order valence-electron chi connectivity index (χ2n) is 5.90. The zero-order valence-corrected chi connectivity index (χ0v) is 13.0. The molecule has 1 aromatic carbocycles. The van der Waals surface area contributed by atoms with E-state index in [9.17, 15) is 9.59 Å². The highest BCUT2D eigenvalue weighted by Crippen LogP contribution is 2.34. The molecule has 1 N–H and O–H groups in total. The number of nitrogens with one attached hydrogen (secondary N) is 1. The third kappa shape index (κ3) is 2.92. The lowest BCUT2D eigenvalue weighted by Gasteiger charge is -2.35. The third-order valence-electron chi connectivity index (χ3n) is 3.99. The average molecular weight is 303 g/mol. The van der Waals surface area contributed by atoms with Crippen molar-refractivity contribution >= 4 is 17.5 Å². The van der Waals surface area contributed by atoms with Gasteiger partial charge in [-0.25, -0.2) is 0 Å². The zero-order chi connectivity index (χ0) is 15.7. The maximum atomic E-state index is 12.7. The Kier molecular flexibility index (Phi) is 4.02. The van der Waals surface area contributed by atoms with E-state index in [-0.39, 0.29) is 24.5 Å². The predicted molar refractivity (Wildman–Crippen MR) is 83.1 cm³/mol. The van der Waals surface area contributed by atoms with Crippen molar-refractivity contribution in [2.75, 3.05) is 37.6 Å². The number of carbonyl (C=O) groups excluding carboxylic acids is 2. The van der Waals surface area contributed by atoms with Crippen molar-refractivity contribution < 1.29 is 14.3 Å². The summed E-state index contributed by atoms with van der Waals surface area (Å²) in [4.78, 5) is 27.8. The van der Waals surface area contributed by atoms with Crippen molar-refractivity contribution in [1.82, 2.24) is 10.2 Å². The number of hydrogen-bond donors (Lipinski definition) is 1. The van der Waals surface area contributed by atoms with Gasteiger partial charge in [0.25, 0.3) is 0 Å². The van der Waals surface area contributed by atoms with Crippen LogP contribution in [0.4, 0.5) is 5.69 Å². The molecule has 0 spiro atoms. The first kappa shape index (κ1) is 14.8. The van der Waals surface area contributed by atoms with Crippen LogP contribution < -0.4 is 15.0 Å². The topological polar surface area (TPSA) is 61.9 Å². The van der Waals surface area contributed by atoms with E-state index >= 15 is 0 Å². The van der Waals surface area contributed by atoms with Crippen LogP contribution in [-0.4, -0.2) is 55.5 Å². The van der Waals surface area contributed by atoms with E-state index in [1.54, 1.807) is 9.80 Å². The SMILES string of the molecule is Cc1ccc2c(c1)O[C@@H](C)CN2C(=O)CN1CCNCC1=O. The van der Waals surface area contributed by atoms with Crippen molar-refractivity contribution in [3.63, 3.8) is 0 Å². The highest BCUT2D eigenvalue weighted by molar-refractivity contribution is 5.98. The molecule has 0 aliphatic carbocycles. The van der Waals surface area contributed by atoms with E-state index in [1.165, 1.54) is 0 Å². The molecule has 0 saturated carbocycles. The molecular formula is C16H21N3O3. The summed E-state index contributed by atoms with van der Waals surface area (Å²) < 4.78 is 5.82. The molecule has 0 radical (unpaired) electrons. The fraction of sp³-hybridized carbons (Fsp3) is 0.500. The van der Waals surface area contributed by atoms with Crippen LogP contribution in [0.5, 0.6) is 5.75 Å². The lowest BCUT2D eigenvalue weighted by atomic mass is 10.1. The number of piperazine rings is 1. The first-order valence-electron chi connectivity index (χ1n) is 7.61. The number of nitrogens with zero attached hydrogens (tertiary/aromatic N) is 2. The molecule has 118 valence electrons. The van der Waals surface area contributed by atoms with E-state index in [0.29, 0.717) is 19.6 Å². The molecule has 0 bridgehead atoms. The molecule has 1 aromatic rings. The van der Waals surface area contributed by atoms with Crippen molar-refractivity contribution in [1.29, 1.82) is 0 Å². The van der Waals surface area contributed by atoms with Crippen LogP contribution in [0.3, 0.4) is 0 Å². The Morgan fingerprint density at radius 1 is 1.45 bits per heavy atom. The number of anilines is 1. The lowest BCUT2D eigenvalue weighted by Crippen LogP contribution is -2.53. The molecular weight excluding hydrogens is 282 g/mol. The van der Waals surface area contributed by atoms with Gasteiger partial charge in [-0.1, -0.05) is 6.07 Å². The van der Waals surface area contributed by atoms with E-state index in [0.717, 1.165) is 23.5 Å². The molecule has 1 saturated heterocycles. The summed E-state index contributed by atoms with van der Waals surface area (Å²) in [5.41, 5.74) is 1.88. The summed E-state index contributed by atoms with van der Waals surface area (Å²) in [7, 11) is 0. The molecule has 6 heteroatoms. The quantitative estimate of drug-likeness (QED) is 0.866. The minimum atomic E-state index is -0.0597. The van der Waals surface area contributed by atoms with Gasteiger partial charge in [0.05, 0.1) is 18.8 Å². The number of ether oxygens (including phenoxy) is 1. The van der Waals surface area contributed by atoms with Crippen molar-refractivity contribution in [3.8, 4) is 5.75 Å². The monoisotopic (exact) mass is 303 g/mol. The van der Waals surface area contributed by atoms with E-state index < -0.39 is 0 Å². The standard InChI is InChI=1S/C16H21N3O3/c1-11-3-4-13-14(7-11)22-12(2)9-19(13)16(21)10-18-6-5-17-8-15(18)20/h3-4,7,12,17H,5-6,8-10H2,1-2H3/t12-/m0/s1. The molecule has 2 aliphatic rings. The van der Waals surface area contributed by atoms with Crippen molar-refractivity contribution in [3.05, 3.63) is 23.8 Å². The molecule has 1 fully saturated rings. The number of benzene rings is 1. The number of aryl methyl sites for hydroxylation is 1. The van der Waals surface area contributed by atoms with Crippen molar-refractivity contribution in [2.24, 2.45) is 0 Å². The summed E-state index contributed by atoms with van der Waals surface area (Å²) in [6.45, 7) is 6.19. The van der Waals surface area contributed by atoms with Crippen LogP contribution in [0.1, 0.15) is 12.5 Å². The van der Waals surface area contributed by atoms with Gasteiger partial charge in [-0.2, -0.15) is 0 Å². The summed E-state index contributed by atoms with van der Waals surface area (Å²) >= 11 is 0. The first-order valence-corrected chi connectivity index (χ1v) is 7.61. The third-order valence-corrected chi connectivity index (χ3v) is 3.99. The molecule has 0 aromatic heterocycles. The Labute approximate surface area is 130 Å². The summed E-state index contributed by atoms with van der Waals surface area (Å²) in [6, 6.07) is 5.82. The normalized spacial score (nSPS) is 21.4. The van der Waals surface area contributed by atoms with Crippen LogP contribution in [0.2, 0.25) is 0 Å². The van der Waals surface area contributed by atoms with Gasteiger partial charge in [0.2, 0.25) is 11.8 Å². The van der Waals surface area contributed by atoms with Gasteiger partial charge in [0.15, 0.2) is 0 Å². The maximum Gasteiger partial charge on any atom is 0.246 e. The van der Waals surface area contributed by atoms with Crippen LogP contribution in [0.15, 0.2) is 18.2 Å². The molecule has 1 atom stereocenters. The second-order valence-corrected chi connectivity index (χ2v) is 5.90. The zero-order valence-electron chi connectivity index (χ0n) is 13.0. The van der Waals surface area contributed by atoms with Gasteiger partial charge >= 0.3 is 0 Å². The van der Waals surface area contributed by atoms with Gasteiger partial charge in [0.1, 0.15) is 18.4 Å². The molecule has 2 amide bonds. The lowest BCUT2D eigenvalue weighted by molar-refractivity contribution is -0.136. The molecule has 22 heavy (non-hydrogen) atoms. The summed E-state index contributed by atoms with van der Waals surface area (Å²) in [5, 5.41) is 3.01. The summed E-state index contributed by atoms with van der Waals surface area (Å²) in [5.74, 6) is 0.652. The Bertz CT molecular complexity index is 602. The fourth-order valence-electron chi connectivity index (χ4n) is 2.85. The molecule has 0 unspecified atom stereocenters. The Hall–Kier alpha value is -2.08. The molecule has 2 aliphatic heterocycles.